The Morgan fingerprint density at radius 1 is 1.32 bits per heavy atom. The molecule has 0 aliphatic carbocycles. The van der Waals surface area contributed by atoms with Crippen LogP contribution < -0.4 is 5.32 Å². The Bertz CT molecular complexity index is 419. The minimum absolute atomic E-state index is 0.664. The number of hydrogen-bond acceptors (Lipinski definition) is 3. The summed E-state index contributed by atoms with van der Waals surface area (Å²) in [5, 5.41) is 3.35. The fourth-order valence-corrected chi connectivity index (χ4v) is 4.64. The molecule has 2 aliphatic heterocycles. The molecule has 3 rings (SSSR count). The highest BCUT2D eigenvalue weighted by Gasteiger charge is 2.29. The number of likely N-dealkylation sites (tertiary alicyclic amines) is 1. The van der Waals surface area contributed by atoms with Crippen molar-refractivity contribution in [3.8, 4) is 0 Å². The average Bonchev–Trinajstić information content (AvgIpc) is 2.47. The van der Waals surface area contributed by atoms with Crippen molar-refractivity contribution in [3.05, 3.63) is 29.8 Å². The quantitative estimate of drug-likeness (QED) is 0.913. The first-order chi connectivity index (χ1) is 9.38. The largest absolute Gasteiger partial charge is 0.319 e. The van der Waals surface area contributed by atoms with E-state index in [-0.39, 0.29) is 0 Å². The van der Waals surface area contributed by atoms with E-state index in [4.69, 9.17) is 0 Å². The highest BCUT2D eigenvalue weighted by Crippen LogP contribution is 2.40. The first-order valence-electron chi connectivity index (χ1n) is 7.49. The van der Waals surface area contributed by atoms with Crippen molar-refractivity contribution in [1.82, 2.24) is 10.2 Å². The third-order valence-electron chi connectivity index (χ3n) is 4.41. The standard InChI is InChI=1S/C16H24N2S/c1-17-11-13-5-4-9-18(12-13)15-8-10-19-16-7-3-2-6-14(15)16/h2-3,6-7,13,15,17H,4-5,8-12H2,1H3. The monoisotopic (exact) mass is 276 g/mol. The predicted molar refractivity (Wildman–Crippen MR) is 82.7 cm³/mol. The van der Waals surface area contributed by atoms with E-state index in [9.17, 15) is 0 Å². The zero-order chi connectivity index (χ0) is 13.1. The summed E-state index contributed by atoms with van der Waals surface area (Å²) < 4.78 is 0. The SMILES string of the molecule is CNCC1CCCN(C2CCSc3ccccc32)C1. The summed E-state index contributed by atoms with van der Waals surface area (Å²) >= 11 is 2.03. The minimum atomic E-state index is 0.664. The van der Waals surface area contributed by atoms with Crippen molar-refractivity contribution in [2.75, 3.05) is 32.4 Å². The van der Waals surface area contributed by atoms with Gasteiger partial charge in [-0.05, 0) is 62.7 Å². The van der Waals surface area contributed by atoms with Gasteiger partial charge in [-0.2, -0.15) is 0 Å². The second kappa shape index (κ2) is 6.29. The van der Waals surface area contributed by atoms with Crippen LogP contribution in [0.5, 0.6) is 0 Å². The summed E-state index contributed by atoms with van der Waals surface area (Å²) in [4.78, 5) is 4.25. The molecule has 1 aromatic rings. The molecule has 1 aromatic carbocycles. The maximum absolute atomic E-state index is 3.35. The topological polar surface area (TPSA) is 15.3 Å². The van der Waals surface area contributed by atoms with Crippen molar-refractivity contribution in [2.45, 2.75) is 30.2 Å². The Hall–Kier alpha value is -0.510. The second-order valence-electron chi connectivity index (χ2n) is 5.75. The number of thioether (sulfide) groups is 1. The van der Waals surface area contributed by atoms with Crippen LogP contribution in [0.3, 0.4) is 0 Å². The maximum atomic E-state index is 3.35. The van der Waals surface area contributed by atoms with Crippen molar-refractivity contribution >= 4 is 11.8 Å². The van der Waals surface area contributed by atoms with Crippen molar-refractivity contribution in [2.24, 2.45) is 5.92 Å². The molecular formula is C16H24N2S. The lowest BCUT2D eigenvalue weighted by Gasteiger charge is -2.40. The average molecular weight is 276 g/mol. The van der Waals surface area contributed by atoms with Crippen molar-refractivity contribution in [1.29, 1.82) is 0 Å². The highest BCUT2D eigenvalue weighted by atomic mass is 32.2. The van der Waals surface area contributed by atoms with Crippen LogP contribution in [-0.4, -0.2) is 37.3 Å². The van der Waals surface area contributed by atoms with E-state index < -0.39 is 0 Å². The molecule has 1 N–H and O–H groups in total. The lowest BCUT2D eigenvalue weighted by Crippen LogP contribution is -2.41. The Kier molecular flexibility index (Phi) is 4.46. The Labute approximate surface area is 121 Å². The summed E-state index contributed by atoms with van der Waals surface area (Å²) in [6.45, 7) is 3.72. The summed E-state index contributed by atoms with van der Waals surface area (Å²) in [6.07, 6.45) is 4.06. The third kappa shape index (κ3) is 2.99. The van der Waals surface area contributed by atoms with Gasteiger partial charge in [0.05, 0.1) is 0 Å². The summed E-state index contributed by atoms with van der Waals surface area (Å²) in [7, 11) is 2.07. The summed E-state index contributed by atoms with van der Waals surface area (Å²) in [5.74, 6) is 2.11. The van der Waals surface area contributed by atoms with Crippen LogP contribution in [0.2, 0.25) is 0 Å². The Balaban J connectivity index is 1.75. The molecule has 0 amide bonds. The smallest absolute Gasteiger partial charge is 0.0367 e. The van der Waals surface area contributed by atoms with Crippen molar-refractivity contribution in [3.63, 3.8) is 0 Å². The fraction of sp³-hybridized carbons (Fsp3) is 0.625. The molecule has 0 spiro atoms. The number of hydrogen-bond donors (Lipinski definition) is 1. The number of benzene rings is 1. The zero-order valence-electron chi connectivity index (χ0n) is 11.8. The molecule has 2 heterocycles. The van der Waals surface area contributed by atoms with Gasteiger partial charge in [-0.25, -0.2) is 0 Å². The number of nitrogens with one attached hydrogen (secondary N) is 1. The molecule has 2 aliphatic rings. The van der Waals surface area contributed by atoms with E-state index in [1.54, 1.807) is 5.56 Å². The zero-order valence-corrected chi connectivity index (χ0v) is 12.6. The van der Waals surface area contributed by atoms with Gasteiger partial charge in [0.15, 0.2) is 0 Å². The lowest BCUT2D eigenvalue weighted by molar-refractivity contribution is 0.118. The van der Waals surface area contributed by atoms with Gasteiger partial charge in [0.25, 0.3) is 0 Å². The van der Waals surface area contributed by atoms with E-state index in [1.165, 1.54) is 49.5 Å². The molecule has 2 nitrogen and oxygen atoms in total. The molecule has 2 atom stereocenters. The molecule has 0 radical (unpaired) electrons. The molecule has 1 fully saturated rings. The first-order valence-corrected chi connectivity index (χ1v) is 8.47. The van der Waals surface area contributed by atoms with Gasteiger partial charge < -0.3 is 5.32 Å². The molecule has 0 aromatic heterocycles. The predicted octanol–water partition coefficient (Wildman–Crippen LogP) is 3.15. The lowest BCUT2D eigenvalue weighted by atomic mass is 9.93. The normalized spacial score (nSPS) is 28.1. The number of fused-ring (bicyclic) bond motifs is 1. The number of piperidine rings is 1. The fourth-order valence-electron chi connectivity index (χ4n) is 3.54. The molecule has 3 heteroatoms. The van der Waals surface area contributed by atoms with E-state index in [0.717, 1.165) is 5.92 Å². The Morgan fingerprint density at radius 3 is 3.11 bits per heavy atom. The maximum Gasteiger partial charge on any atom is 0.0367 e. The van der Waals surface area contributed by atoms with E-state index in [1.807, 2.05) is 11.8 Å². The summed E-state index contributed by atoms with van der Waals surface area (Å²) in [5.41, 5.74) is 1.57. The van der Waals surface area contributed by atoms with Crippen LogP contribution in [0.4, 0.5) is 0 Å². The van der Waals surface area contributed by atoms with Gasteiger partial charge >= 0.3 is 0 Å². The van der Waals surface area contributed by atoms with Crippen LogP contribution in [0.25, 0.3) is 0 Å². The van der Waals surface area contributed by atoms with Gasteiger partial charge in [0.2, 0.25) is 0 Å². The van der Waals surface area contributed by atoms with Gasteiger partial charge in [0.1, 0.15) is 0 Å². The third-order valence-corrected chi connectivity index (χ3v) is 5.53. The van der Waals surface area contributed by atoms with E-state index in [2.05, 4.69) is 41.5 Å². The molecule has 104 valence electrons. The summed E-state index contributed by atoms with van der Waals surface area (Å²) in [6, 6.07) is 9.67. The molecule has 0 bridgehead atoms. The molecule has 19 heavy (non-hydrogen) atoms. The number of rotatable bonds is 3. The van der Waals surface area contributed by atoms with Gasteiger partial charge in [-0.3, -0.25) is 4.90 Å². The molecule has 0 saturated carbocycles. The van der Waals surface area contributed by atoms with E-state index >= 15 is 0 Å². The van der Waals surface area contributed by atoms with Crippen LogP contribution >= 0.6 is 11.8 Å². The van der Waals surface area contributed by atoms with Gasteiger partial charge in [-0.1, -0.05) is 18.2 Å². The van der Waals surface area contributed by atoms with Crippen LogP contribution in [0.1, 0.15) is 30.9 Å². The number of nitrogens with zero attached hydrogens (tertiary/aromatic N) is 1. The van der Waals surface area contributed by atoms with Gasteiger partial charge in [-0.15, -0.1) is 11.8 Å². The highest BCUT2D eigenvalue weighted by molar-refractivity contribution is 7.99. The first kappa shape index (κ1) is 13.5. The van der Waals surface area contributed by atoms with Crippen LogP contribution in [0.15, 0.2) is 29.2 Å². The van der Waals surface area contributed by atoms with E-state index in [0.29, 0.717) is 6.04 Å². The van der Waals surface area contributed by atoms with Gasteiger partial charge in [0, 0.05) is 17.5 Å². The molecule has 2 unspecified atom stereocenters. The molecule has 1 saturated heterocycles. The minimum Gasteiger partial charge on any atom is -0.319 e. The second-order valence-corrected chi connectivity index (χ2v) is 6.89. The van der Waals surface area contributed by atoms with Crippen LogP contribution in [0, 0.1) is 5.92 Å². The Morgan fingerprint density at radius 2 is 2.21 bits per heavy atom. The molecular weight excluding hydrogens is 252 g/mol. The van der Waals surface area contributed by atoms with Crippen LogP contribution in [-0.2, 0) is 0 Å². The van der Waals surface area contributed by atoms with Crippen molar-refractivity contribution < 1.29 is 0 Å².